The van der Waals surface area contributed by atoms with Gasteiger partial charge in [0.05, 0.1) is 25.4 Å². The Kier molecular flexibility index (Phi) is 12.9. The Balaban J connectivity index is 0.871. The number of benzene rings is 1. The van der Waals surface area contributed by atoms with Crippen LogP contribution in [0.4, 0.5) is 10.5 Å². The molecule has 4 heterocycles. The first-order valence-electron chi connectivity index (χ1n) is 23.1. The Labute approximate surface area is 373 Å². The zero-order valence-electron chi connectivity index (χ0n) is 36.5. The number of fused-ring (bicyclic) bond motifs is 7. The Morgan fingerprint density at radius 2 is 1.57 bits per heavy atom. The number of anilines is 1. The number of carbonyl (C=O) groups excluding carboxylic acids is 2. The van der Waals surface area contributed by atoms with Gasteiger partial charge in [-0.3, -0.25) is 10.1 Å². The van der Waals surface area contributed by atoms with E-state index in [1.54, 1.807) is 24.3 Å². The maximum absolute atomic E-state index is 14.6. The highest BCUT2D eigenvalue weighted by atomic mass is 35.5. The van der Waals surface area contributed by atoms with Crippen molar-refractivity contribution in [1.82, 2.24) is 0 Å². The molecule has 0 bridgehead atoms. The van der Waals surface area contributed by atoms with Gasteiger partial charge in [-0.1, -0.05) is 39.3 Å². The number of amides is 1. The normalized spacial score (nSPS) is 50.6. The van der Waals surface area contributed by atoms with E-state index < -0.39 is 86.5 Å². The molecule has 1 spiro atoms. The van der Waals surface area contributed by atoms with E-state index >= 15 is 0 Å². The summed E-state index contributed by atoms with van der Waals surface area (Å²) >= 11 is 5.98. The van der Waals surface area contributed by atoms with Gasteiger partial charge < -0.3 is 63.8 Å². The smallest absolute Gasteiger partial charge is 0.411 e. The standard InChI is InChI=1S/C46H66ClNO15/c1-21-11-14-46(58-19-21)22(2)33-30(63-46)16-28-27-10-5-23-15-26(12-13-44(23,3)34(27)29(50)17-45(28,33)4)59-41-39(55)37(53)40(62-42-38(54)36(52)35(51)31(18-49)60-42)32(61-41)20-57-43(56)48-25-8-6-24(47)7-9-25/h6-9,21-23,26-28,30-42,49,51-55H,5,10-20H2,1-4H3,(H,48,56)/t21-,22?,23+,26+,27+,28+,30?,31-,32-,33?,34-,35-,36+,37-,38-,39-,40-,41-,42+,44+,45+,46-/m1/s1. The molecule has 8 aliphatic rings. The molecule has 16 nitrogen and oxygen atoms in total. The Hall–Kier alpha value is -2.03. The zero-order valence-corrected chi connectivity index (χ0v) is 37.3. The maximum atomic E-state index is 14.6. The number of ketones is 1. The van der Waals surface area contributed by atoms with Gasteiger partial charge in [-0.2, -0.15) is 0 Å². The molecule has 22 atom stereocenters. The Morgan fingerprint density at radius 3 is 2.29 bits per heavy atom. The third kappa shape index (κ3) is 8.08. The van der Waals surface area contributed by atoms with E-state index in [1.165, 1.54) is 0 Å². The number of hydrogen-bond donors (Lipinski definition) is 7. The van der Waals surface area contributed by atoms with Gasteiger partial charge in [0.25, 0.3) is 0 Å². The second kappa shape index (κ2) is 17.6. The second-order valence-electron chi connectivity index (χ2n) is 20.7. The van der Waals surface area contributed by atoms with E-state index in [0.717, 1.165) is 38.5 Å². The molecule has 3 unspecified atom stereocenters. The van der Waals surface area contributed by atoms with Crippen LogP contribution in [-0.2, 0) is 38.0 Å². The number of nitrogens with one attached hydrogen (secondary N) is 1. The molecule has 0 radical (unpaired) electrons. The van der Waals surface area contributed by atoms with Crippen molar-refractivity contribution in [2.45, 2.75) is 165 Å². The minimum Gasteiger partial charge on any atom is -0.446 e. The van der Waals surface area contributed by atoms with Crippen molar-refractivity contribution in [3.63, 3.8) is 0 Å². The van der Waals surface area contributed by atoms with Crippen molar-refractivity contribution in [1.29, 1.82) is 0 Å². The molecule has 1 aromatic rings. The summed E-state index contributed by atoms with van der Waals surface area (Å²) in [6, 6.07) is 6.33. The molecular formula is C46H66ClNO15. The maximum Gasteiger partial charge on any atom is 0.411 e. The lowest BCUT2D eigenvalue weighted by Crippen LogP contribution is -2.65. The summed E-state index contributed by atoms with van der Waals surface area (Å²) in [5.41, 5.74) is 0.0192. The number of ether oxygens (including phenoxy) is 7. The van der Waals surface area contributed by atoms with E-state index in [2.05, 4.69) is 33.0 Å². The molecule has 7 N–H and O–H groups in total. The lowest BCUT2D eigenvalue weighted by Gasteiger charge is -2.60. The third-order valence-electron chi connectivity index (χ3n) is 17.1. The fourth-order valence-corrected chi connectivity index (χ4v) is 14.0. The zero-order chi connectivity index (χ0) is 44.7. The largest absolute Gasteiger partial charge is 0.446 e. The van der Waals surface area contributed by atoms with Gasteiger partial charge in [0.2, 0.25) is 0 Å². The van der Waals surface area contributed by atoms with E-state index in [0.29, 0.717) is 54.2 Å². The Morgan fingerprint density at radius 1 is 0.857 bits per heavy atom. The minimum absolute atomic E-state index is 0.0654. The number of halogens is 1. The molecule has 4 saturated heterocycles. The van der Waals surface area contributed by atoms with Gasteiger partial charge in [0, 0.05) is 35.4 Å². The summed E-state index contributed by atoms with van der Waals surface area (Å²) in [6.07, 6.45) is -9.67. The van der Waals surface area contributed by atoms with Crippen LogP contribution in [0.25, 0.3) is 0 Å². The van der Waals surface area contributed by atoms with Crippen LogP contribution in [0, 0.1) is 52.3 Å². The molecule has 4 aliphatic carbocycles. The number of aliphatic hydroxyl groups is 6. The molecule has 1 amide bonds. The third-order valence-corrected chi connectivity index (χ3v) is 17.4. The van der Waals surface area contributed by atoms with E-state index in [1.807, 2.05) is 0 Å². The van der Waals surface area contributed by atoms with E-state index in [4.69, 9.17) is 44.8 Å². The van der Waals surface area contributed by atoms with Crippen LogP contribution in [0.5, 0.6) is 0 Å². The van der Waals surface area contributed by atoms with Gasteiger partial charge >= 0.3 is 6.09 Å². The fourth-order valence-electron chi connectivity index (χ4n) is 13.9. The van der Waals surface area contributed by atoms with Gasteiger partial charge in [-0.25, -0.2) is 4.79 Å². The summed E-state index contributed by atoms with van der Waals surface area (Å²) in [5.74, 6) is 1.61. The van der Waals surface area contributed by atoms with Crippen molar-refractivity contribution in [2.24, 2.45) is 52.3 Å². The molecule has 4 aliphatic heterocycles. The average molecular weight is 908 g/mol. The first-order chi connectivity index (χ1) is 30.0. The molecule has 8 fully saturated rings. The minimum atomic E-state index is -1.82. The molecule has 63 heavy (non-hydrogen) atoms. The van der Waals surface area contributed by atoms with Crippen LogP contribution in [-0.4, -0.2) is 142 Å². The van der Waals surface area contributed by atoms with Crippen molar-refractivity contribution >= 4 is 29.2 Å². The SMILES string of the molecule is CC1C2C(C[C@H]3[C@@H]4CC[C@H]5C[C@@H](O[C@@H]6O[C@H](COC(=O)Nc7ccc(Cl)cc7)[C@@H](O[C@@H]7O[C@H](CO)[C@@H](O)[C@H](O)[C@H]7O)[C@H](O)[C@H]6O)CC[C@]5(C)[C@H]4C(=O)C[C@]23C)O[C@]12CC[C@@H](C)CO2. The highest BCUT2D eigenvalue weighted by molar-refractivity contribution is 6.30. The molecule has 4 saturated carbocycles. The molecule has 0 aromatic heterocycles. The number of Topliss-reactive ketones (excluding diaryl/α,β-unsaturated/α-hetero) is 1. The number of aliphatic hydroxyl groups excluding tert-OH is 6. The van der Waals surface area contributed by atoms with Gasteiger partial charge in [0.15, 0.2) is 18.4 Å². The summed E-state index contributed by atoms with van der Waals surface area (Å²) < 4.78 is 43.1. The predicted molar refractivity (Wildman–Crippen MR) is 223 cm³/mol. The predicted octanol–water partition coefficient (Wildman–Crippen LogP) is 3.53. The van der Waals surface area contributed by atoms with E-state index in [-0.39, 0.29) is 52.6 Å². The molecule has 17 heteroatoms. The van der Waals surface area contributed by atoms with Gasteiger partial charge in [-0.15, -0.1) is 0 Å². The van der Waals surface area contributed by atoms with Crippen LogP contribution < -0.4 is 5.32 Å². The van der Waals surface area contributed by atoms with Crippen LogP contribution in [0.2, 0.25) is 5.02 Å². The van der Waals surface area contributed by atoms with Gasteiger partial charge in [-0.05, 0) is 110 Å². The molecular weight excluding hydrogens is 842 g/mol. The highest BCUT2D eigenvalue weighted by Gasteiger charge is 2.71. The highest BCUT2D eigenvalue weighted by Crippen LogP contribution is 2.70. The van der Waals surface area contributed by atoms with Crippen molar-refractivity contribution in [3.05, 3.63) is 29.3 Å². The van der Waals surface area contributed by atoms with Crippen LogP contribution >= 0.6 is 11.6 Å². The van der Waals surface area contributed by atoms with E-state index in [9.17, 15) is 40.2 Å². The number of hydrogen-bond acceptors (Lipinski definition) is 15. The lowest BCUT2D eigenvalue weighted by atomic mass is 9.44. The first-order valence-corrected chi connectivity index (χ1v) is 23.5. The topological polar surface area (TPSA) is 232 Å². The number of carbonyl (C=O) groups is 2. The summed E-state index contributed by atoms with van der Waals surface area (Å²) in [6.45, 7) is 8.64. The summed E-state index contributed by atoms with van der Waals surface area (Å²) in [5, 5.41) is 67.3. The van der Waals surface area contributed by atoms with Crippen LogP contribution in [0.3, 0.4) is 0 Å². The number of rotatable bonds is 8. The molecule has 352 valence electrons. The van der Waals surface area contributed by atoms with Crippen molar-refractivity contribution < 1.29 is 73.4 Å². The monoisotopic (exact) mass is 907 g/mol. The fraction of sp³-hybridized carbons (Fsp3) is 0.826. The second-order valence-corrected chi connectivity index (χ2v) is 21.2. The summed E-state index contributed by atoms with van der Waals surface area (Å²) in [4.78, 5) is 27.5. The van der Waals surface area contributed by atoms with Gasteiger partial charge in [0.1, 0.15) is 61.2 Å². The van der Waals surface area contributed by atoms with Crippen LogP contribution in [0.1, 0.15) is 85.5 Å². The quantitative estimate of drug-likeness (QED) is 0.185. The lowest BCUT2D eigenvalue weighted by molar-refractivity contribution is -0.364. The average Bonchev–Trinajstić information content (AvgIpc) is 3.70. The first kappa shape index (κ1) is 46.1. The van der Waals surface area contributed by atoms with Crippen LogP contribution in [0.15, 0.2) is 24.3 Å². The molecule has 1 aromatic carbocycles. The Bertz CT molecular complexity index is 1820. The van der Waals surface area contributed by atoms with Crippen molar-refractivity contribution in [2.75, 3.05) is 25.1 Å². The molecule has 9 rings (SSSR count). The van der Waals surface area contributed by atoms with Crippen molar-refractivity contribution in [3.8, 4) is 0 Å². The summed E-state index contributed by atoms with van der Waals surface area (Å²) in [7, 11) is 0.